The van der Waals surface area contributed by atoms with Gasteiger partial charge in [-0.05, 0) is 149 Å². The monoisotopic (exact) mass is 1340 g/mol. The van der Waals surface area contributed by atoms with Crippen molar-refractivity contribution in [3.8, 4) is 22.3 Å². The fourth-order valence-corrected chi connectivity index (χ4v) is 12.2. The number of nitrogens with zero attached hydrogens (tertiary/aromatic N) is 7. The van der Waals surface area contributed by atoms with Crippen molar-refractivity contribution in [1.29, 1.82) is 0 Å². The van der Waals surface area contributed by atoms with Crippen LogP contribution in [-0.4, -0.2) is 183 Å². The number of Topliss-reactive ketones (excluding diaryl/α,β-unsaturated/α-hetero) is 2. The topological polar surface area (TPSA) is 323 Å². The number of aliphatic hydroxyl groups excluding tert-OH is 1. The van der Waals surface area contributed by atoms with Crippen molar-refractivity contribution in [1.82, 2.24) is 50.6 Å². The smallest absolute Gasteiger partial charge is 0.410 e. The van der Waals surface area contributed by atoms with Crippen molar-refractivity contribution in [3.63, 3.8) is 0 Å². The minimum Gasteiger partial charge on any atom is -0.453 e. The summed E-state index contributed by atoms with van der Waals surface area (Å²) in [7, 11) is 3.50. The van der Waals surface area contributed by atoms with Crippen LogP contribution < -0.4 is 26.6 Å². The number of amides is 7. The Morgan fingerprint density at radius 1 is 0.531 bits per heavy atom. The number of benzene rings is 2. The normalized spacial score (nSPS) is 18.0. The maximum atomic E-state index is 13.4. The Labute approximate surface area is 565 Å². The van der Waals surface area contributed by atoms with Crippen LogP contribution >= 0.6 is 12.4 Å². The summed E-state index contributed by atoms with van der Waals surface area (Å²) in [5.41, 5.74) is 4.13. The van der Waals surface area contributed by atoms with Crippen LogP contribution in [0.25, 0.3) is 43.8 Å². The van der Waals surface area contributed by atoms with Crippen LogP contribution in [0.3, 0.4) is 0 Å². The number of ketones is 2. The van der Waals surface area contributed by atoms with Crippen LogP contribution in [0.4, 0.5) is 26.0 Å². The molecule has 6 aromatic rings. The van der Waals surface area contributed by atoms with Crippen molar-refractivity contribution in [2.45, 2.75) is 155 Å². The predicted octanol–water partition coefficient (Wildman–Crippen LogP) is 8.62. The van der Waals surface area contributed by atoms with E-state index in [2.05, 4.69) is 56.0 Å². The number of alkyl carbamates (subject to hydrolysis) is 2. The molecule has 4 fully saturated rings. The number of likely N-dealkylation sites (tertiary alicyclic amines) is 3. The Balaban J connectivity index is 0.000000264. The summed E-state index contributed by atoms with van der Waals surface area (Å²) in [4.78, 5) is 138. The maximum absolute atomic E-state index is 13.4. The summed E-state index contributed by atoms with van der Waals surface area (Å²) >= 11 is 0. The molecule has 514 valence electrons. The molecule has 0 spiro atoms. The number of aromatic nitrogens is 4. The number of methoxy groups -OCH3 is 2. The number of anilines is 2. The van der Waals surface area contributed by atoms with Crippen molar-refractivity contribution in [2.24, 2.45) is 11.8 Å². The number of pyridine rings is 4. The van der Waals surface area contributed by atoms with Gasteiger partial charge in [0.1, 0.15) is 35.4 Å². The van der Waals surface area contributed by atoms with E-state index in [0.29, 0.717) is 74.8 Å². The number of carbonyl (C=O) groups excluding carboxylic acids is 9. The van der Waals surface area contributed by atoms with Gasteiger partial charge in [-0.2, -0.15) is 0 Å². The molecule has 10 rings (SSSR count). The molecule has 96 heavy (non-hydrogen) atoms. The van der Waals surface area contributed by atoms with Crippen LogP contribution in [0.5, 0.6) is 0 Å². The second-order valence-corrected chi connectivity index (χ2v) is 25.7. The fourth-order valence-electron chi connectivity index (χ4n) is 12.2. The number of carbonyl (C=O) groups is 9. The first-order valence-corrected chi connectivity index (χ1v) is 32.3. The van der Waals surface area contributed by atoms with Gasteiger partial charge in [-0.3, -0.25) is 43.6 Å². The van der Waals surface area contributed by atoms with Gasteiger partial charge in [-0.15, -0.1) is 12.4 Å². The van der Waals surface area contributed by atoms with Gasteiger partial charge >= 0.3 is 18.3 Å². The van der Waals surface area contributed by atoms with E-state index in [9.17, 15) is 43.2 Å². The summed E-state index contributed by atoms with van der Waals surface area (Å²) in [6, 6.07) is 19.5. The molecule has 25 nitrogen and oxygen atoms in total. The molecule has 0 saturated carbocycles. The van der Waals surface area contributed by atoms with Crippen LogP contribution in [-0.2, 0) is 55.8 Å². The van der Waals surface area contributed by atoms with E-state index in [1.807, 2.05) is 94.4 Å². The van der Waals surface area contributed by atoms with E-state index in [1.54, 1.807) is 61.4 Å². The van der Waals surface area contributed by atoms with E-state index in [-0.39, 0.29) is 78.3 Å². The second-order valence-electron chi connectivity index (χ2n) is 25.7. The number of rotatable bonds is 18. The van der Waals surface area contributed by atoms with Gasteiger partial charge in [-0.25, -0.2) is 24.4 Å². The average Bonchev–Trinajstić information content (AvgIpc) is 1.27. The summed E-state index contributed by atoms with van der Waals surface area (Å²) in [5.74, 6) is -0.585. The molecule has 0 aliphatic carbocycles. The van der Waals surface area contributed by atoms with Gasteiger partial charge < -0.3 is 55.7 Å². The number of fused-ring (bicyclic) bond motifs is 2. The number of aliphatic hydroxyl groups is 1. The SMILES string of the molecule is CO.COC(=O)N[C@H](C(=O)N1CCC[C@H]1C(=O)Cc1ccc(-c2ccc3cnc(NC(=O)[C@@H]4CCCN4)cc3c2)cn1)C(C)C.COC(=O)N[C@H](C(=O)N1CCC[C@H]1C(=O)Cc1ccc(-c2ccc3cnc(NC(=O)[C@@H]4CCCN4C(=O)OC(C)(C)C)cc3c2)cn1)C(C)C.Cl. The molecule has 6 N–H and O–H groups in total. The first-order chi connectivity index (χ1) is 45.5. The van der Waals surface area contributed by atoms with Gasteiger partial charge in [0.2, 0.25) is 23.6 Å². The average molecular weight is 1340 g/mol. The molecular formula is C70H89ClN12O13. The van der Waals surface area contributed by atoms with Gasteiger partial charge in [0, 0.05) is 84.8 Å². The number of hydrogen-bond donors (Lipinski definition) is 6. The Bertz CT molecular complexity index is 3750. The highest BCUT2D eigenvalue weighted by molar-refractivity contribution is 6.00. The third-order valence-corrected chi connectivity index (χ3v) is 17.1. The molecule has 2 aromatic carbocycles. The molecule has 4 aliphatic heterocycles. The van der Waals surface area contributed by atoms with Gasteiger partial charge in [0.15, 0.2) is 11.6 Å². The Morgan fingerprint density at radius 2 is 0.958 bits per heavy atom. The van der Waals surface area contributed by atoms with E-state index < -0.39 is 54.1 Å². The van der Waals surface area contributed by atoms with Crippen LogP contribution in [0.1, 0.15) is 111 Å². The largest absolute Gasteiger partial charge is 0.453 e. The third kappa shape index (κ3) is 19.1. The number of hydrogen-bond acceptors (Lipinski definition) is 18. The predicted molar refractivity (Wildman–Crippen MR) is 365 cm³/mol. The second kappa shape index (κ2) is 34.0. The summed E-state index contributed by atoms with van der Waals surface area (Å²) in [5, 5.41) is 24.8. The minimum absolute atomic E-state index is 0. The fraction of sp³-hybridized carbons (Fsp3) is 0.471. The molecular weight excluding hydrogens is 1250 g/mol. The van der Waals surface area contributed by atoms with Crippen molar-refractivity contribution >= 4 is 99.1 Å². The molecule has 6 atom stereocenters. The zero-order valence-corrected chi connectivity index (χ0v) is 57.0. The summed E-state index contributed by atoms with van der Waals surface area (Å²) in [6.45, 7) is 14.9. The lowest BCUT2D eigenvalue weighted by Crippen LogP contribution is -2.53. The summed E-state index contributed by atoms with van der Waals surface area (Å²) < 4.78 is 14.9. The lowest BCUT2D eigenvalue weighted by atomic mass is 10.00. The van der Waals surface area contributed by atoms with E-state index >= 15 is 0 Å². The van der Waals surface area contributed by atoms with Gasteiger partial charge in [0.05, 0.1) is 45.2 Å². The Kier molecular flexibility index (Phi) is 26.2. The molecule has 4 saturated heterocycles. The maximum Gasteiger partial charge on any atom is 0.410 e. The van der Waals surface area contributed by atoms with Crippen molar-refractivity contribution < 1.29 is 62.5 Å². The number of ether oxygens (including phenoxy) is 3. The van der Waals surface area contributed by atoms with Gasteiger partial charge in [-0.1, -0.05) is 64.1 Å². The quantitative estimate of drug-likeness (QED) is 0.0438. The molecule has 26 heteroatoms. The number of halogens is 1. The highest BCUT2D eigenvalue weighted by Crippen LogP contribution is 2.31. The highest BCUT2D eigenvalue weighted by Gasteiger charge is 2.41. The summed E-state index contributed by atoms with van der Waals surface area (Å²) in [6.07, 6.45) is 10.8. The molecule has 0 radical (unpaired) electrons. The zero-order chi connectivity index (χ0) is 68.7. The molecule has 0 unspecified atom stereocenters. The third-order valence-electron chi connectivity index (χ3n) is 17.1. The molecule has 0 bridgehead atoms. The first-order valence-electron chi connectivity index (χ1n) is 32.3. The molecule has 4 aromatic heterocycles. The first kappa shape index (κ1) is 74.2. The van der Waals surface area contributed by atoms with Crippen LogP contribution in [0, 0.1) is 11.8 Å². The lowest BCUT2D eigenvalue weighted by Gasteiger charge is -2.30. The van der Waals surface area contributed by atoms with Crippen LogP contribution in [0.2, 0.25) is 0 Å². The molecule has 7 amide bonds. The van der Waals surface area contributed by atoms with E-state index in [0.717, 1.165) is 76.7 Å². The van der Waals surface area contributed by atoms with Crippen molar-refractivity contribution in [3.05, 3.63) is 109 Å². The van der Waals surface area contributed by atoms with E-state index in [1.165, 1.54) is 19.1 Å². The Morgan fingerprint density at radius 3 is 1.35 bits per heavy atom. The number of nitrogens with one attached hydrogen (secondary N) is 5. The zero-order valence-electron chi connectivity index (χ0n) is 56.1. The minimum atomic E-state index is -0.792. The Hall–Kier alpha value is -9.20. The van der Waals surface area contributed by atoms with Crippen LogP contribution in [0.15, 0.2) is 97.6 Å². The van der Waals surface area contributed by atoms with E-state index in [4.69, 9.17) is 9.84 Å². The van der Waals surface area contributed by atoms with Gasteiger partial charge in [0.25, 0.3) is 0 Å². The lowest BCUT2D eigenvalue weighted by molar-refractivity contribution is -0.140. The standard InChI is InChI=1S/C37H46N6O7.C32H38N6O5.CH4O.ClH/c1-22(2)32(41-35(47)49-6)34(46)42-15-7-9-28(42)30(44)19-27-14-13-24(20-38-27)23-11-12-25-21-39-31(18-26(25)17-23)40-33(45)29-10-8-16-43(29)36(48)50-37(3,4)5;1-19(2)29(37-32(42)43-3)31(41)38-13-5-7-26(38)27(39)16-24-11-10-21(17-34-24)20-8-9-22-18-35-28(15-23(22)14-20)36-30(40)25-6-4-12-33-25;1-2;/h11-14,17-18,20-22,28-29,32H,7-10,15-16,19H2,1-6H3,(H,41,47)(H,39,40,45);8-11,14-15,17-19,25-26,29,33H,4-7,12-13,16H2,1-3H3,(H,37,42)(H,35,36,40);2H,1H3;1H/t28-,29-,32-;25-,26-,29-;;/m00../s1. The highest BCUT2D eigenvalue weighted by atomic mass is 35.5. The van der Waals surface area contributed by atoms with Crippen molar-refractivity contribution in [2.75, 3.05) is 58.1 Å². The molecule has 8 heterocycles. The molecule has 4 aliphatic rings.